The number of hydrogen-bond donors (Lipinski definition) is 4. The number of phenolic OH excluding ortho intramolecular Hbond substituents is 3. The lowest BCUT2D eigenvalue weighted by molar-refractivity contribution is 0.289. The molecule has 0 aliphatic carbocycles. The molecule has 1 aromatic heterocycles. The van der Waals surface area contributed by atoms with Gasteiger partial charge in [-0.15, -0.1) is 0 Å². The summed E-state index contributed by atoms with van der Waals surface area (Å²) in [6.07, 6.45) is 2.48. The average molecular weight is 384 g/mol. The van der Waals surface area contributed by atoms with Crippen LogP contribution in [0.15, 0.2) is 51.2 Å². The van der Waals surface area contributed by atoms with E-state index in [2.05, 4.69) is 0 Å². The summed E-state index contributed by atoms with van der Waals surface area (Å²) in [4.78, 5) is 12.6. The Morgan fingerprint density at radius 1 is 1.07 bits per heavy atom. The quantitative estimate of drug-likeness (QED) is 0.387. The van der Waals surface area contributed by atoms with Crippen LogP contribution in [0.4, 0.5) is 0 Å². The van der Waals surface area contributed by atoms with Gasteiger partial charge >= 0.3 is 0 Å². The van der Waals surface area contributed by atoms with Crippen LogP contribution in [0.1, 0.15) is 20.3 Å². The molecule has 7 nitrogen and oxygen atoms in total. The molecule has 0 saturated carbocycles. The van der Waals surface area contributed by atoms with E-state index in [1.54, 1.807) is 0 Å². The summed E-state index contributed by atoms with van der Waals surface area (Å²) in [5.41, 5.74) is 0.465. The Bertz CT molecular complexity index is 1100. The lowest BCUT2D eigenvalue weighted by Crippen LogP contribution is -2.05. The molecule has 2 aromatic carbocycles. The van der Waals surface area contributed by atoms with Crippen molar-refractivity contribution < 1.29 is 29.6 Å². The smallest absolute Gasteiger partial charge is 0.238 e. The number of aromatic hydroxyl groups is 4. The van der Waals surface area contributed by atoms with Crippen molar-refractivity contribution in [2.75, 3.05) is 6.61 Å². The Labute approximate surface area is 160 Å². The summed E-state index contributed by atoms with van der Waals surface area (Å²) >= 11 is 0. The number of allylic oxidation sites excluding steroid dienone is 1. The number of rotatable bonds is 5. The summed E-state index contributed by atoms with van der Waals surface area (Å²) < 4.78 is 11.0. The van der Waals surface area contributed by atoms with Gasteiger partial charge in [-0.1, -0.05) is 11.6 Å². The fourth-order valence-corrected chi connectivity index (χ4v) is 2.75. The molecule has 7 heteroatoms. The Hall–Kier alpha value is -3.61. The third-order valence-corrected chi connectivity index (χ3v) is 4.11. The van der Waals surface area contributed by atoms with E-state index in [1.165, 1.54) is 24.3 Å². The van der Waals surface area contributed by atoms with Gasteiger partial charge in [-0.05, 0) is 44.5 Å². The largest absolute Gasteiger partial charge is 0.508 e. The molecule has 28 heavy (non-hydrogen) atoms. The van der Waals surface area contributed by atoms with Crippen molar-refractivity contribution in [1.82, 2.24) is 0 Å². The highest BCUT2D eigenvalue weighted by Crippen LogP contribution is 2.43. The van der Waals surface area contributed by atoms with Crippen molar-refractivity contribution in [2.45, 2.75) is 20.3 Å². The van der Waals surface area contributed by atoms with Gasteiger partial charge in [-0.3, -0.25) is 4.79 Å². The van der Waals surface area contributed by atoms with E-state index < -0.39 is 22.7 Å². The number of hydrogen-bond acceptors (Lipinski definition) is 7. The zero-order chi connectivity index (χ0) is 20.4. The van der Waals surface area contributed by atoms with Gasteiger partial charge in [0, 0.05) is 11.6 Å². The molecular formula is C21H20O7. The molecule has 0 atom stereocenters. The second-order valence-corrected chi connectivity index (χ2v) is 6.52. The van der Waals surface area contributed by atoms with E-state index in [0.29, 0.717) is 12.0 Å². The lowest BCUT2D eigenvalue weighted by Gasteiger charge is -2.12. The normalized spacial score (nSPS) is 10.8. The SMILES string of the molecule is CC(C)=CCCOc1c(O)cc2oc(-c3ccc(O)cc3)c(O)c(=O)c2c1O. The van der Waals surface area contributed by atoms with Gasteiger partial charge in [0.15, 0.2) is 17.3 Å². The van der Waals surface area contributed by atoms with Crippen LogP contribution in [0.2, 0.25) is 0 Å². The molecule has 1 heterocycles. The van der Waals surface area contributed by atoms with E-state index in [1.807, 2.05) is 19.9 Å². The van der Waals surface area contributed by atoms with E-state index in [-0.39, 0.29) is 34.8 Å². The van der Waals surface area contributed by atoms with Gasteiger partial charge in [0.2, 0.25) is 16.9 Å². The average Bonchev–Trinajstić information content (AvgIpc) is 2.64. The number of benzene rings is 2. The maximum absolute atomic E-state index is 12.6. The third-order valence-electron chi connectivity index (χ3n) is 4.11. The van der Waals surface area contributed by atoms with Gasteiger partial charge in [-0.25, -0.2) is 0 Å². The van der Waals surface area contributed by atoms with Gasteiger partial charge in [0.25, 0.3) is 0 Å². The molecule has 3 aromatic rings. The molecule has 4 N–H and O–H groups in total. The summed E-state index contributed by atoms with van der Waals surface area (Å²) in [7, 11) is 0. The third kappa shape index (κ3) is 3.59. The van der Waals surface area contributed by atoms with Crippen LogP contribution in [-0.4, -0.2) is 27.0 Å². The first-order valence-electron chi connectivity index (χ1n) is 8.60. The predicted octanol–water partition coefficient (Wildman–Crippen LogP) is 4.02. The van der Waals surface area contributed by atoms with Crippen LogP contribution in [-0.2, 0) is 0 Å². The molecule has 0 saturated heterocycles. The highest BCUT2D eigenvalue weighted by molar-refractivity contribution is 5.91. The van der Waals surface area contributed by atoms with Crippen LogP contribution in [0.3, 0.4) is 0 Å². The molecule has 0 amide bonds. The maximum Gasteiger partial charge on any atom is 0.238 e. The van der Waals surface area contributed by atoms with Crippen LogP contribution < -0.4 is 10.2 Å². The molecule has 0 spiro atoms. The Morgan fingerprint density at radius 2 is 1.75 bits per heavy atom. The van der Waals surface area contributed by atoms with Crippen LogP contribution >= 0.6 is 0 Å². The molecule has 0 fully saturated rings. The zero-order valence-corrected chi connectivity index (χ0v) is 15.4. The minimum atomic E-state index is -0.865. The predicted molar refractivity (Wildman–Crippen MR) is 104 cm³/mol. The summed E-state index contributed by atoms with van der Waals surface area (Å²) in [5, 5.41) is 40.0. The van der Waals surface area contributed by atoms with Crippen molar-refractivity contribution >= 4 is 11.0 Å². The molecule has 0 aliphatic heterocycles. The summed E-state index contributed by atoms with van der Waals surface area (Å²) in [6, 6.07) is 6.81. The van der Waals surface area contributed by atoms with E-state index in [4.69, 9.17) is 9.15 Å². The minimum absolute atomic E-state index is 0.0107. The molecule has 0 radical (unpaired) electrons. The van der Waals surface area contributed by atoms with E-state index in [9.17, 15) is 25.2 Å². The molecule has 3 rings (SSSR count). The van der Waals surface area contributed by atoms with E-state index >= 15 is 0 Å². The Kier molecular flexibility index (Phi) is 5.17. The second kappa shape index (κ2) is 7.56. The monoisotopic (exact) mass is 384 g/mol. The Morgan fingerprint density at radius 3 is 2.39 bits per heavy atom. The van der Waals surface area contributed by atoms with Crippen molar-refractivity contribution in [3.63, 3.8) is 0 Å². The topological polar surface area (TPSA) is 120 Å². The molecule has 0 bridgehead atoms. The molecule has 146 valence electrons. The summed E-state index contributed by atoms with van der Waals surface area (Å²) in [6.45, 7) is 4.05. The zero-order valence-electron chi connectivity index (χ0n) is 15.4. The first kappa shape index (κ1) is 19.2. The highest BCUT2D eigenvalue weighted by atomic mass is 16.5. The highest BCUT2D eigenvalue weighted by Gasteiger charge is 2.23. The fourth-order valence-electron chi connectivity index (χ4n) is 2.75. The first-order chi connectivity index (χ1) is 13.3. The first-order valence-corrected chi connectivity index (χ1v) is 8.60. The lowest BCUT2D eigenvalue weighted by atomic mass is 10.1. The van der Waals surface area contributed by atoms with Gasteiger partial charge in [0.05, 0.1) is 6.61 Å². The number of ether oxygens (including phenoxy) is 1. The Balaban J connectivity index is 2.09. The van der Waals surface area contributed by atoms with Gasteiger partial charge < -0.3 is 29.6 Å². The maximum atomic E-state index is 12.6. The van der Waals surface area contributed by atoms with Crippen LogP contribution in [0.25, 0.3) is 22.3 Å². The van der Waals surface area contributed by atoms with Gasteiger partial charge in [-0.2, -0.15) is 0 Å². The second-order valence-electron chi connectivity index (χ2n) is 6.52. The van der Waals surface area contributed by atoms with Gasteiger partial charge in [0.1, 0.15) is 16.7 Å². The van der Waals surface area contributed by atoms with Crippen molar-refractivity contribution in [2.24, 2.45) is 0 Å². The number of fused-ring (bicyclic) bond motifs is 1. The minimum Gasteiger partial charge on any atom is -0.508 e. The van der Waals surface area contributed by atoms with Crippen molar-refractivity contribution in [3.8, 4) is 40.1 Å². The van der Waals surface area contributed by atoms with E-state index in [0.717, 1.165) is 11.6 Å². The molecule has 0 aliphatic rings. The van der Waals surface area contributed by atoms with Crippen LogP contribution in [0, 0.1) is 0 Å². The van der Waals surface area contributed by atoms with Crippen molar-refractivity contribution in [1.29, 1.82) is 0 Å². The molecule has 0 unspecified atom stereocenters. The number of phenols is 3. The standard InChI is InChI=1S/C21H20O7/c1-11(2)4-3-9-27-21-14(23)10-15-16(18(21)25)17(24)19(26)20(28-15)12-5-7-13(22)8-6-12/h4-8,10,22-23,25-26H,3,9H2,1-2H3. The molecular weight excluding hydrogens is 364 g/mol. The van der Waals surface area contributed by atoms with Crippen molar-refractivity contribution in [3.05, 3.63) is 52.2 Å². The fraction of sp³-hybridized carbons (Fsp3) is 0.190. The van der Waals surface area contributed by atoms with Crippen LogP contribution in [0.5, 0.6) is 28.7 Å². The summed E-state index contributed by atoms with van der Waals surface area (Å²) in [5.74, 6) is -2.08.